The second kappa shape index (κ2) is 5.30. The van der Waals surface area contributed by atoms with Gasteiger partial charge < -0.3 is 10.1 Å². The van der Waals surface area contributed by atoms with E-state index < -0.39 is 0 Å². The van der Waals surface area contributed by atoms with Crippen molar-refractivity contribution in [3.05, 3.63) is 21.9 Å². The van der Waals surface area contributed by atoms with Crippen molar-refractivity contribution in [2.75, 3.05) is 6.54 Å². The molecule has 2 nitrogen and oxygen atoms in total. The molecule has 90 valence electrons. The molecule has 0 bridgehead atoms. The Kier molecular flexibility index (Phi) is 4.00. The summed E-state index contributed by atoms with van der Waals surface area (Å²) in [5, 5.41) is 3.56. The van der Waals surface area contributed by atoms with Gasteiger partial charge in [-0.15, -0.1) is 11.3 Å². The van der Waals surface area contributed by atoms with Crippen LogP contribution in [0.2, 0.25) is 0 Å². The van der Waals surface area contributed by atoms with Crippen LogP contribution in [0.5, 0.6) is 0 Å². The Balaban J connectivity index is 1.77. The maximum atomic E-state index is 5.79. The molecule has 1 aliphatic heterocycles. The third kappa shape index (κ3) is 3.06. The molecule has 3 heteroatoms. The predicted octanol–water partition coefficient (Wildman–Crippen LogP) is 3.27. The molecule has 3 atom stereocenters. The molecule has 1 saturated heterocycles. The summed E-state index contributed by atoms with van der Waals surface area (Å²) in [7, 11) is 0. The molecule has 0 radical (unpaired) electrons. The molecule has 16 heavy (non-hydrogen) atoms. The second-order valence-corrected chi connectivity index (χ2v) is 6.04. The van der Waals surface area contributed by atoms with E-state index in [0.717, 1.165) is 6.54 Å². The van der Waals surface area contributed by atoms with Crippen LogP contribution in [-0.2, 0) is 4.74 Å². The highest BCUT2D eigenvalue weighted by atomic mass is 32.1. The molecule has 1 N–H and O–H groups in total. The minimum Gasteiger partial charge on any atom is -0.374 e. The van der Waals surface area contributed by atoms with Crippen molar-refractivity contribution in [2.45, 2.75) is 51.9 Å². The third-order valence-electron chi connectivity index (χ3n) is 3.16. The molecule has 2 rings (SSSR count). The SMILES string of the molecule is Cc1ccc(C(C)NCC2CCC(C)O2)s1. The Labute approximate surface area is 102 Å². The van der Waals surface area contributed by atoms with Crippen molar-refractivity contribution in [1.82, 2.24) is 5.32 Å². The van der Waals surface area contributed by atoms with Crippen molar-refractivity contribution in [2.24, 2.45) is 0 Å². The van der Waals surface area contributed by atoms with E-state index in [1.165, 1.54) is 22.6 Å². The van der Waals surface area contributed by atoms with E-state index in [2.05, 4.69) is 38.2 Å². The first-order valence-corrected chi connectivity index (χ1v) is 6.92. The number of hydrogen-bond acceptors (Lipinski definition) is 3. The Morgan fingerprint density at radius 1 is 1.50 bits per heavy atom. The van der Waals surface area contributed by atoms with E-state index >= 15 is 0 Å². The van der Waals surface area contributed by atoms with Gasteiger partial charge in [0, 0.05) is 22.3 Å². The van der Waals surface area contributed by atoms with Crippen molar-refractivity contribution in [1.29, 1.82) is 0 Å². The maximum Gasteiger partial charge on any atom is 0.0704 e. The minimum atomic E-state index is 0.415. The Morgan fingerprint density at radius 3 is 2.88 bits per heavy atom. The van der Waals surface area contributed by atoms with Gasteiger partial charge in [0.15, 0.2) is 0 Å². The molecule has 0 aliphatic carbocycles. The smallest absolute Gasteiger partial charge is 0.0704 e. The van der Waals surface area contributed by atoms with E-state index in [1.54, 1.807) is 0 Å². The molecule has 0 aromatic carbocycles. The van der Waals surface area contributed by atoms with Crippen molar-refractivity contribution >= 4 is 11.3 Å². The third-order valence-corrected chi connectivity index (χ3v) is 4.34. The van der Waals surface area contributed by atoms with Crippen LogP contribution in [0.4, 0.5) is 0 Å². The van der Waals surface area contributed by atoms with Crippen LogP contribution in [-0.4, -0.2) is 18.8 Å². The number of hydrogen-bond donors (Lipinski definition) is 1. The number of nitrogens with one attached hydrogen (secondary N) is 1. The van der Waals surface area contributed by atoms with Crippen molar-refractivity contribution in [3.63, 3.8) is 0 Å². The fourth-order valence-electron chi connectivity index (χ4n) is 2.13. The zero-order valence-corrected chi connectivity index (χ0v) is 11.1. The molecule has 1 aliphatic rings. The van der Waals surface area contributed by atoms with Crippen LogP contribution in [0.3, 0.4) is 0 Å². The first-order chi connectivity index (χ1) is 7.65. The Morgan fingerprint density at radius 2 is 2.31 bits per heavy atom. The molecule has 0 saturated carbocycles. The molecule has 0 amide bonds. The standard InChI is InChI=1S/C13H21NOS/c1-9-4-6-12(15-9)8-14-11(3)13-7-5-10(2)16-13/h5,7,9,11-12,14H,4,6,8H2,1-3H3. The molecule has 3 unspecified atom stereocenters. The quantitative estimate of drug-likeness (QED) is 0.870. The van der Waals surface area contributed by atoms with Gasteiger partial charge in [-0.25, -0.2) is 0 Å². The predicted molar refractivity (Wildman–Crippen MR) is 69.0 cm³/mol. The van der Waals surface area contributed by atoms with E-state index in [0.29, 0.717) is 18.2 Å². The summed E-state index contributed by atoms with van der Waals surface area (Å²) in [4.78, 5) is 2.80. The summed E-state index contributed by atoms with van der Waals surface area (Å²) in [5.74, 6) is 0. The van der Waals surface area contributed by atoms with E-state index in [-0.39, 0.29) is 0 Å². The Bertz CT molecular complexity index is 336. The molecule has 1 aromatic rings. The van der Waals surface area contributed by atoms with Gasteiger partial charge in [0.2, 0.25) is 0 Å². The molecule has 0 spiro atoms. The number of ether oxygens (including phenoxy) is 1. The fraction of sp³-hybridized carbons (Fsp3) is 0.692. The topological polar surface area (TPSA) is 21.3 Å². The first kappa shape index (κ1) is 12.1. The molecular formula is C13H21NOS. The van der Waals surface area contributed by atoms with Gasteiger partial charge in [-0.1, -0.05) is 0 Å². The van der Waals surface area contributed by atoms with Crippen LogP contribution in [0.25, 0.3) is 0 Å². The van der Waals surface area contributed by atoms with E-state index in [1.807, 2.05) is 11.3 Å². The highest BCUT2D eigenvalue weighted by Gasteiger charge is 2.22. The monoisotopic (exact) mass is 239 g/mol. The van der Waals surface area contributed by atoms with Gasteiger partial charge in [-0.3, -0.25) is 0 Å². The number of rotatable bonds is 4. The van der Waals surface area contributed by atoms with E-state index in [4.69, 9.17) is 4.74 Å². The zero-order valence-electron chi connectivity index (χ0n) is 10.3. The van der Waals surface area contributed by atoms with Crippen LogP contribution in [0.1, 0.15) is 42.5 Å². The van der Waals surface area contributed by atoms with Gasteiger partial charge in [-0.2, -0.15) is 0 Å². The lowest BCUT2D eigenvalue weighted by molar-refractivity contribution is 0.0547. The van der Waals surface area contributed by atoms with Gasteiger partial charge in [0.25, 0.3) is 0 Å². The zero-order chi connectivity index (χ0) is 11.5. The van der Waals surface area contributed by atoms with E-state index in [9.17, 15) is 0 Å². The van der Waals surface area contributed by atoms with Gasteiger partial charge in [0.1, 0.15) is 0 Å². The summed E-state index contributed by atoms with van der Waals surface area (Å²) < 4.78 is 5.79. The van der Waals surface area contributed by atoms with Gasteiger partial charge in [-0.05, 0) is 45.7 Å². The second-order valence-electron chi connectivity index (χ2n) is 4.72. The van der Waals surface area contributed by atoms with Crippen LogP contribution >= 0.6 is 11.3 Å². The lowest BCUT2D eigenvalue weighted by atomic mass is 10.2. The molecular weight excluding hydrogens is 218 g/mol. The summed E-state index contributed by atoms with van der Waals surface area (Å²) in [5.41, 5.74) is 0. The maximum absolute atomic E-state index is 5.79. The fourth-order valence-corrected chi connectivity index (χ4v) is 3.03. The first-order valence-electron chi connectivity index (χ1n) is 6.10. The van der Waals surface area contributed by atoms with Crippen molar-refractivity contribution < 1.29 is 4.74 Å². The van der Waals surface area contributed by atoms with Crippen LogP contribution in [0, 0.1) is 6.92 Å². The van der Waals surface area contributed by atoms with Crippen LogP contribution in [0.15, 0.2) is 12.1 Å². The lowest BCUT2D eigenvalue weighted by Crippen LogP contribution is -2.28. The lowest BCUT2D eigenvalue weighted by Gasteiger charge is -2.16. The summed E-state index contributed by atoms with van der Waals surface area (Å²) in [6.07, 6.45) is 3.27. The normalized spacial score (nSPS) is 27.2. The number of thiophene rings is 1. The molecule has 1 aromatic heterocycles. The minimum absolute atomic E-state index is 0.415. The number of aryl methyl sites for hydroxylation is 1. The average Bonchev–Trinajstić information content (AvgIpc) is 2.84. The van der Waals surface area contributed by atoms with Crippen LogP contribution < -0.4 is 5.32 Å². The Hall–Kier alpha value is -0.380. The highest BCUT2D eigenvalue weighted by Crippen LogP contribution is 2.23. The van der Waals surface area contributed by atoms with Gasteiger partial charge >= 0.3 is 0 Å². The van der Waals surface area contributed by atoms with Gasteiger partial charge in [0.05, 0.1) is 12.2 Å². The summed E-state index contributed by atoms with van der Waals surface area (Å²) in [6, 6.07) is 4.85. The summed E-state index contributed by atoms with van der Waals surface area (Å²) >= 11 is 1.88. The summed E-state index contributed by atoms with van der Waals surface area (Å²) in [6.45, 7) is 7.51. The molecule has 1 fully saturated rings. The highest BCUT2D eigenvalue weighted by molar-refractivity contribution is 7.12. The average molecular weight is 239 g/mol. The largest absolute Gasteiger partial charge is 0.374 e. The molecule has 2 heterocycles. The van der Waals surface area contributed by atoms with Crippen molar-refractivity contribution in [3.8, 4) is 0 Å².